The Morgan fingerprint density at radius 3 is 1.52 bits per heavy atom. The normalized spacial score (nSPS) is 22.1. The number of likely N-dealkylation sites (tertiary alicyclic amines) is 1. The number of hydrogen-bond acceptors (Lipinski definition) is 4. The van der Waals surface area contributed by atoms with E-state index < -0.39 is 0 Å². The van der Waals surface area contributed by atoms with Crippen molar-refractivity contribution in [3.05, 3.63) is 144 Å². The van der Waals surface area contributed by atoms with Gasteiger partial charge in [-0.05, 0) is 35.1 Å². The van der Waals surface area contributed by atoms with Gasteiger partial charge in [0.25, 0.3) is 0 Å². The van der Waals surface area contributed by atoms with Crippen LogP contribution in [-0.4, -0.2) is 42.3 Å². The Bertz CT molecular complexity index is 1250. The molecule has 0 aromatic heterocycles. The molecule has 0 radical (unpaired) electrons. The van der Waals surface area contributed by atoms with Gasteiger partial charge in [0.05, 0.1) is 25.9 Å². The number of piperidine rings is 1. The lowest BCUT2D eigenvalue weighted by atomic mass is 9.91. The second-order valence-electron chi connectivity index (χ2n) is 10.9. The van der Waals surface area contributed by atoms with Crippen molar-refractivity contribution in [3.63, 3.8) is 0 Å². The first kappa shape index (κ1) is 28.3. The molecule has 208 valence electrons. The maximum absolute atomic E-state index is 6.74. The zero-order chi connectivity index (χ0) is 27.6. The molecule has 4 heteroatoms. The molecule has 1 heterocycles. The van der Waals surface area contributed by atoms with Gasteiger partial charge in [0.2, 0.25) is 0 Å². The minimum atomic E-state index is -0.203. The van der Waals surface area contributed by atoms with Crippen LogP contribution < -0.4 is 0 Å². The van der Waals surface area contributed by atoms with Crippen molar-refractivity contribution in [1.29, 1.82) is 0 Å². The van der Waals surface area contributed by atoms with Crippen LogP contribution in [0.2, 0.25) is 0 Å². The van der Waals surface area contributed by atoms with Crippen LogP contribution in [0.1, 0.15) is 42.0 Å². The van der Waals surface area contributed by atoms with Gasteiger partial charge in [0, 0.05) is 19.1 Å². The quantitative estimate of drug-likeness (QED) is 0.191. The Balaban J connectivity index is 1.39. The van der Waals surface area contributed by atoms with Crippen molar-refractivity contribution in [1.82, 2.24) is 4.90 Å². The molecular weight excluding hydrogens is 494 g/mol. The predicted molar refractivity (Wildman–Crippen MR) is 161 cm³/mol. The van der Waals surface area contributed by atoms with Crippen molar-refractivity contribution in [2.75, 3.05) is 13.1 Å². The van der Waals surface area contributed by atoms with Gasteiger partial charge in [-0.25, -0.2) is 0 Å². The SMILES string of the molecule is C[C@H](CN1C[C@H](OCc2ccccc2)[C@@H](OCc2ccccc2)[C@H](OCc2ccccc2)[C@H]1C)c1ccccc1. The van der Waals surface area contributed by atoms with Gasteiger partial charge in [-0.1, -0.05) is 128 Å². The van der Waals surface area contributed by atoms with Crippen LogP contribution in [0.5, 0.6) is 0 Å². The molecule has 5 rings (SSSR count). The van der Waals surface area contributed by atoms with E-state index in [1.807, 2.05) is 18.2 Å². The van der Waals surface area contributed by atoms with Gasteiger partial charge in [-0.15, -0.1) is 0 Å². The van der Waals surface area contributed by atoms with Crippen molar-refractivity contribution in [2.45, 2.75) is 63.9 Å². The van der Waals surface area contributed by atoms with Crippen molar-refractivity contribution < 1.29 is 14.2 Å². The first-order valence-electron chi connectivity index (χ1n) is 14.4. The highest BCUT2D eigenvalue weighted by molar-refractivity contribution is 5.20. The predicted octanol–water partition coefficient (Wildman–Crippen LogP) is 7.25. The number of benzene rings is 4. The van der Waals surface area contributed by atoms with Gasteiger partial charge in [-0.2, -0.15) is 0 Å². The molecule has 1 fully saturated rings. The number of nitrogens with zero attached hydrogens (tertiary/aromatic N) is 1. The van der Waals surface area contributed by atoms with E-state index in [1.54, 1.807) is 0 Å². The molecule has 1 aliphatic rings. The summed E-state index contributed by atoms with van der Waals surface area (Å²) in [5, 5.41) is 0. The zero-order valence-electron chi connectivity index (χ0n) is 23.6. The average molecular weight is 536 g/mol. The molecule has 0 bridgehead atoms. The summed E-state index contributed by atoms with van der Waals surface area (Å²) in [4.78, 5) is 2.53. The third-order valence-electron chi connectivity index (χ3n) is 7.91. The molecule has 4 nitrogen and oxygen atoms in total. The number of rotatable bonds is 12. The largest absolute Gasteiger partial charge is 0.369 e. The Hall–Kier alpha value is -3.28. The van der Waals surface area contributed by atoms with Crippen molar-refractivity contribution in [3.8, 4) is 0 Å². The second-order valence-corrected chi connectivity index (χ2v) is 10.9. The van der Waals surface area contributed by atoms with Crippen LogP contribution in [-0.2, 0) is 34.0 Å². The van der Waals surface area contributed by atoms with Crippen LogP contribution >= 0.6 is 0 Å². The monoisotopic (exact) mass is 535 g/mol. The molecule has 0 N–H and O–H groups in total. The van der Waals surface area contributed by atoms with E-state index in [0.29, 0.717) is 25.7 Å². The molecule has 0 spiro atoms. The Morgan fingerprint density at radius 2 is 1.02 bits per heavy atom. The van der Waals surface area contributed by atoms with E-state index >= 15 is 0 Å². The minimum Gasteiger partial charge on any atom is -0.369 e. The summed E-state index contributed by atoms with van der Waals surface area (Å²) >= 11 is 0. The Labute approximate surface area is 239 Å². The third kappa shape index (κ3) is 7.67. The molecule has 0 saturated carbocycles. The second kappa shape index (κ2) is 14.4. The molecule has 0 amide bonds. The highest BCUT2D eigenvalue weighted by atomic mass is 16.6. The summed E-state index contributed by atoms with van der Waals surface area (Å²) in [5.74, 6) is 0.384. The van der Waals surface area contributed by atoms with Gasteiger partial charge >= 0.3 is 0 Å². The van der Waals surface area contributed by atoms with Crippen LogP contribution in [0.3, 0.4) is 0 Å². The lowest BCUT2D eigenvalue weighted by molar-refractivity contribution is -0.201. The highest BCUT2D eigenvalue weighted by Gasteiger charge is 2.44. The first-order valence-corrected chi connectivity index (χ1v) is 14.4. The molecule has 0 unspecified atom stereocenters. The summed E-state index contributed by atoms with van der Waals surface area (Å²) in [5.41, 5.74) is 4.82. The molecular formula is C36H41NO3. The summed E-state index contributed by atoms with van der Waals surface area (Å²) in [6.07, 6.45) is -0.490. The van der Waals surface area contributed by atoms with Gasteiger partial charge in [0.1, 0.15) is 12.2 Å². The summed E-state index contributed by atoms with van der Waals surface area (Å²) in [7, 11) is 0. The van der Waals surface area contributed by atoms with Crippen molar-refractivity contribution >= 4 is 0 Å². The van der Waals surface area contributed by atoms with E-state index in [9.17, 15) is 0 Å². The van der Waals surface area contributed by atoms with E-state index in [0.717, 1.165) is 29.8 Å². The lowest BCUT2D eigenvalue weighted by Crippen LogP contribution is -2.62. The fraction of sp³-hybridized carbons (Fsp3) is 0.333. The van der Waals surface area contributed by atoms with Crippen LogP contribution in [0.15, 0.2) is 121 Å². The van der Waals surface area contributed by atoms with Crippen LogP contribution in [0.4, 0.5) is 0 Å². The maximum Gasteiger partial charge on any atom is 0.113 e. The molecule has 0 aliphatic carbocycles. The standard InChI is InChI=1S/C36H41NO3/c1-28(33-21-13-6-14-22-33)23-37-24-34(38-25-30-15-7-3-8-16-30)36(40-27-32-19-11-5-12-20-32)35(29(37)2)39-26-31-17-9-4-10-18-31/h3-22,28-29,34-36H,23-27H2,1-2H3/t28-,29-,34+,35-,36-/m1/s1. The third-order valence-corrected chi connectivity index (χ3v) is 7.91. The van der Waals surface area contributed by atoms with E-state index in [2.05, 4.69) is 122 Å². The van der Waals surface area contributed by atoms with E-state index in [4.69, 9.17) is 14.2 Å². The maximum atomic E-state index is 6.74. The van der Waals surface area contributed by atoms with Crippen LogP contribution in [0, 0.1) is 0 Å². The number of hydrogen-bond donors (Lipinski definition) is 0. The topological polar surface area (TPSA) is 30.9 Å². The summed E-state index contributed by atoms with van der Waals surface area (Å²) < 4.78 is 20.1. The van der Waals surface area contributed by atoms with Gasteiger partial charge in [0.15, 0.2) is 0 Å². The molecule has 40 heavy (non-hydrogen) atoms. The Morgan fingerprint density at radius 1 is 0.600 bits per heavy atom. The molecule has 1 aliphatic heterocycles. The minimum absolute atomic E-state index is 0.135. The molecule has 5 atom stereocenters. The molecule has 4 aromatic carbocycles. The first-order chi connectivity index (χ1) is 19.7. The summed E-state index contributed by atoms with van der Waals surface area (Å²) in [6, 6.07) is 42.1. The highest BCUT2D eigenvalue weighted by Crippen LogP contribution is 2.30. The van der Waals surface area contributed by atoms with Gasteiger partial charge < -0.3 is 14.2 Å². The Kier molecular flexibility index (Phi) is 10.2. The van der Waals surface area contributed by atoms with Crippen LogP contribution in [0.25, 0.3) is 0 Å². The zero-order valence-corrected chi connectivity index (χ0v) is 23.6. The molecule has 1 saturated heterocycles. The summed E-state index contributed by atoms with van der Waals surface area (Å²) in [6.45, 7) is 7.89. The van der Waals surface area contributed by atoms with Crippen molar-refractivity contribution in [2.24, 2.45) is 0 Å². The number of ether oxygens (including phenoxy) is 3. The van der Waals surface area contributed by atoms with Gasteiger partial charge in [-0.3, -0.25) is 4.90 Å². The van der Waals surface area contributed by atoms with E-state index in [1.165, 1.54) is 5.56 Å². The lowest BCUT2D eigenvalue weighted by Gasteiger charge is -2.48. The van der Waals surface area contributed by atoms with E-state index in [-0.39, 0.29) is 24.4 Å². The average Bonchev–Trinajstić information content (AvgIpc) is 3.01. The fourth-order valence-corrected chi connectivity index (χ4v) is 5.57. The fourth-order valence-electron chi connectivity index (χ4n) is 5.57. The molecule has 4 aromatic rings. The smallest absolute Gasteiger partial charge is 0.113 e.